The highest BCUT2D eigenvalue weighted by molar-refractivity contribution is 5.80. The Morgan fingerprint density at radius 2 is 1.92 bits per heavy atom. The monoisotopic (exact) mass is 345 g/mol. The Bertz CT molecular complexity index is 599. The van der Waals surface area contributed by atoms with Crippen molar-refractivity contribution in [2.75, 3.05) is 23.8 Å². The van der Waals surface area contributed by atoms with Crippen molar-refractivity contribution in [2.45, 2.75) is 70.9 Å². The van der Waals surface area contributed by atoms with Gasteiger partial charge in [0.25, 0.3) is 0 Å². The molecule has 0 bridgehead atoms. The molecule has 1 aliphatic carbocycles. The molecule has 0 spiro atoms. The van der Waals surface area contributed by atoms with Crippen LogP contribution in [0.4, 0.5) is 11.8 Å². The highest BCUT2D eigenvalue weighted by atomic mass is 16.2. The number of anilines is 2. The molecule has 1 aromatic rings. The van der Waals surface area contributed by atoms with Gasteiger partial charge in [0.15, 0.2) is 0 Å². The molecule has 25 heavy (non-hydrogen) atoms. The van der Waals surface area contributed by atoms with Gasteiger partial charge in [-0.2, -0.15) is 4.98 Å². The van der Waals surface area contributed by atoms with Crippen molar-refractivity contribution >= 4 is 17.7 Å². The van der Waals surface area contributed by atoms with Crippen LogP contribution in [0.1, 0.15) is 57.6 Å². The van der Waals surface area contributed by atoms with E-state index in [4.69, 9.17) is 0 Å². The summed E-state index contributed by atoms with van der Waals surface area (Å²) >= 11 is 0. The first-order chi connectivity index (χ1) is 12.1. The molecule has 1 saturated heterocycles. The van der Waals surface area contributed by atoms with Gasteiger partial charge in [0.1, 0.15) is 5.82 Å². The fourth-order valence-corrected chi connectivity index (χ4v) is 4.02. The quantitative estimate of drug-likeness (QED) is 0.878. The molecule has 3 rings (SSSR count). The molecule has 2 N–H and O–H groups in total. The number of nitrogens with zero attached hydrogens (tertiary/aromatic N) is 3. The van der Waals surface area contributed by atoms with E-state index < -0.39 is 0 Å². The van der Waals surface area contributed by atoms with Crippen LogP contribution in [-0.2, 0) is 4.79 Å². The lowest BCUT2D eigenvalue weighted by molar-refractivity contribution is -0.126. The van der Waals surface area contributed by atoms with Crippen molar-refractivity contribution in [1.82, 2.24) is 15.3 Å². The van der Waals surface area contributed by atoms with E-state index in [2.05, 4.69) is 32.4 Å². The number of aromatic nitrogens is 2. The third kappa shape index (κ3) is 4.41. The standard InChI is InChI=1S/C19H31N5O/c1-13-11-17(23-19(20-3)21-13)24-12-15(10-9-14(24)2)18(25)22-16-7-5-4-6-8-16/h11,14-16H,4-10,12H2,1-3H3,(H,22,25)(H,20,21,23)/t14-,15+/m1/s1. The second-order valence-electron chi connectivity index (χ2n) is 7.56. The number of piperidine rings is 1. The average molecular weight is 345 g/mol. The Morgan fingerprint density at radius 3 is 2.64 bits per heavy atom. The number of amides is 1. The molecule has 1 saturated carbocycles. The number of hydrogen-bond donors (Lipinski definition) is 2. The Morgan fingerprint density at radius 1 is 1.16 bits per heavy atom. The SMILES string of the molecule is CNc1nc(C)cc(N2C[C@@H](C(=O)NC3CCCCC3)CC[C@H]2C)n1. The molecule has 6 heteroatoms. The van der Waals surface area contributed by atoms with Gasteiger partial charge in [-0.25, -0.2) is 4.98 Å². The van der Waals surface area contributed by atoms with Crippen LogP contribution in [0.5, 0.6) is 0 Å². The van der Waals surface area contributed by atoms with E-state index in [1.807, 2.05) is 20.0 Å². The van der Waals surface area contributed by atoms with Crippen LogP contribution >= 0.6 is 0 Å². The van der Waals surface area contributed by atoms with Gasteiger partial charge < -0.3 is 15.5 Å². The molecule has 1 aromatic heterocycles. The summed E-state index contributed by atoms with van der Waals surface area (Å²) in [7, 11) is 1.83. The van der Waals surface area contributed by atoms with Gasteiger partial charge >= 0.3 is 0 Å². The summed E-state index contributed by atoms with van der Waals surface area (Å²) in [6, 6.07) is 2.78. The maximum atomic E-state index is 12.8. The van der Waals surface area contributed by atoms with Crippen LogP contribution in [-0.4, -0.2) is 41.6 Å². The van der Waals surface area contributed by atoms with E-state index in [0.717, 1.165) is 43.7 Å². The maximum Gasteiger partial charge on any atom is 0.225 e. The summed E-state index contributed by atoms with van der Waals surface area (Å²) < 4.78 is 0. The lowest BCUT2D eigenvalue weighted by Crippen LogP contribution is -2.49. The number of carbonyl (C=O) groups excluding carboxylic acids is 1. The molecule has 2 heterocycles. The molecular formula is C19H31N5O. The zero-order valence-electron chi connectivity index (χ0n) is 15.7. The van der Waals surface area contributed by atoms with E-state index in [1.54, 1.807) is 0 Å². The zero-order chi connectivity index (χ0) is 17.8. The van der Waals surface area contributed by atoms with Gasteiger partial charge in [0, 0.05) is 37.4 Å². The predicted molar refractivity (Wildman–Crippen MR) is 101 cm³/mol. The maximum absolute atomic E-state index is 12.8. The van der Waals surface area contributed by atoms with Crippen molar-refractivity contribution < 1.29 is 4.79 Å². The largest absolute Gasteiger partial charge is 0.357 e. The van der Waals surface area contributed by atoms with Gasteiger partial charge in [-0.05, 0) is 39.5 Å². The topological polar surface area (TPSA) is 70.2 Å². The molecule has 2 aliphatic rings. The fraction of sp³-hybridized carbons (Fsp3) is 0.737. The predicted octanol–water partition coefficient (Wildman–Crippen LogP) is 2.88. The van der Waals surface area contributed by atoms with Gasteiger partial charge in [-0.15, -0.1) is 0 Å². The highest BCUT2D eigenvalue weighted by Gasteiger charge is 2.32. The minimum absolute atomic E-state index is 0.0476. The van der Waals surface area contributed by atoms with Crippen LogP contribution in [0.25, 0.3) is 0 Å². The van der Waals surface area contributed by atoms with E-state index in [9.17, 15) is 4.79 Å². The fourth-order valence-electron chi connectivity index (χ4n) is 4.02. The second-order valence-corrected chi connectivity index (χ2v) is 7.56. The Balaban J connectivity index is 1.68. The molecule has 1 aliphatic heterocycles. The number of rotatable bonds is 4. The van der Waals surface area contributed by atoms with Gasteiger partial charge in [0.05, 0.1) is 5.92 Å². The Hall–Kier alpha value is -1.85. The van der Waals surface area contributed by atoms with E-state index in [-0.39, 0.29) is 11.8 Å². The molecule has 138 valence electrons. The van der Waals surface area contributed by atoms with Crippen molar-refractivity contribution in [3.8, 4) is 0 Å². The molecule has 0 radical (unpaired) electrons. The first-order valence-electron chi connectivity index (χ1n) is 9.67. The first-order valence-corrected chi connectivity index (χ1v) is 9.67. The molecule has 1 amide bonds. The highest BCUT2D eigenvalue weighted by Crippen LogP contribution is 2.28. The smallest absolute Gasteiger partial charge is 0.225 e. The summed E-state index contributed by atoms with van der Waals surface area (Å²) in [5, 5.41) is 6.32. The van der Waals surface area contributed by atoms with Crippen molar-refractivity contribution in [3.63, 3.8) is 0 Å². The van der Waals surface area contributed by atoms with Crippen molar-refractivity contribution in [2.24, 2.45) is 5.92 Å². The number of nitrogens with one attached hydrogen (secondary N) is 2. The van der Waals surface area contributed by atoms with E-state index >= 15 is 0 Å². The minimum atomic E-state index is 0.0476. The normalized spacial score (nSPS) is 24.8. The molecule has 2 fully saturated rings. The number of aryl methyl sites for hydroxylation is 1. The van der Waals surface area contributed by atoms with E-state index in [0.29, 0.717) is 18.0 Å². The van der Waals surface area contributed by atoms with Gasteiger partial charge in [0.2, 0.25) is 11.9 Å². The second kappa shape index (κ2) is 8.02. The summed E-state index contributed by atoms with van der Waals surface area (Å²) in [6.45, 7) is 4.93. The van der Waals surface area contributed by atoms with Crippen molar-refractivity contribution in [3.05, 3.63) is 11.8 Å². The van der Waals surface area contributed by atoms with E-state index in [1.165, 1.54) is 19.3 Å². The third-order valence-electron chi connectivity index (χ3n) is 5.56. The van der Waals surface area contributed by atoms with Crippen molar-refractivity contribution in [1.29, 1.82) is 0 Å². The summed E-state index contributed by atoms with van der Waals surface area (Å²) in [5.74, 6) is 1.82. The van der Waals surface area contributed by atoms with Crippen LogP contribution in [0, 0.1) is 12.8 Å². The van der Waals surface area contributed by atoms with Crippen LogP contribution in [0.15, 0.2) is 6.07 Å². The van der Waals surface area contributed by atoms with Gasteiger partial charge in [-0.3, -0.25) is 4.79 Å². The Kier molecular flexibility index (Phi) is 5.76. The molecule has 2 atom stereocenters. The zero-order valence-corrected chi connectivity index (χ0v) is 15.7. The lowest BCUT2D eigenvalue weighted by atomic mass is 9.91. The minimum Gasteiger partial charge on any atom is -0.357 e. The number of carbonyl (C=O) groups is 1. The first kappa shape index (κ1) is 18.0. The van der Waals surface area contributed by atoms with Crippen LogP contribution in [0.3, 0.4) is 0 Å². The summed E-state index contributed by atoms with van der Waals surface area (Å²) in [4.78, 5) is 24.0. The Labute approximate surface area is 150 Å². The van der Waals surface area contributed by atoms with Crippen LogP contribution < -0.4 is 15.5 Å². The lowest BCUT2D eigenvalue weighted by Gasteiger charge is -2.39. The number of hydrogen-bond acceptors (Lipinski definition) is 5. The summed E-state index contributed by atoms with van der Waals surface area (Å²) in [6.07, 6.45) is 8.03. The molecule has 6 nitrogen and oxygen atoms in total. The summed E-state index contributed by atoms with van der Waals surface area (Å²) in [5.41, 5.74) is 0.940. The average Bonchev–Trinajstić information content (AvgIpc) is 2.62. The third-order valence-corrected chi connectivity index (χ3v) is 5.56. The van der Waals surface area contributed by atoms with Gasteiger partial charge in [-0.1, -0.05) is 19.3 Å². The molecular weight excluding hydrogens is 314 g/mol. The molecule has 0 unspecified atom stereocenters. The molecule has 0 aromatic carbocycles. The van der Waals surface area contributed by atoms with Crippen LogP contribution in [0.2, 0.25) is 0 Å².